The Hall–Kier alpha value is -0.920. The summed E-state index contributed by atoms with van der Waals surface area (Å²) in [4.78, 5) is 0. The van der Waals surface area contributed by atoms with E-state index in [2.05, 4.69) is 6.58 Å². The number of hydrogen-bond donors (Lipinski definition) is 2. The molecule has 0 aliphatic rings. The third-order valence-corrected chi connectivity index (χ3v) is 0.649. The van der Waals surface area contributed by atoms with E-state index in [1.807, 2.05) is 0 Å². The standard InChI is InChI=1S/C5H8O2/c1-4(3-6)5(2)7/h3,6-7H,2H2,1H3/b4-3-. The lowest BCUT2D eigenvalue weighted by molar-refractivity contribution is 0.410. The molecule has 7 heavy (non-hydrogen) atoms. The van der Waals surface area contributed by atoms with Crippen molar-refractivity contribution in [1.29, 1.82) is 0 Å². The number of allylic oxidation sites excluding steroid dienone is 1. The van der Waals surface area contributed by atoms with E-state index in [1.165, 1.54) is 0 Å². The Morgan fingerprint density at radius 1 is 1.71 bits per heavy atom. The molecule has 0 radical (unpaired) electrons. The summed E-state index contributed by atoms with van der Waals surface area (Å²) < 4.78 is 0. The third kappa shape index (κ3) is 1.87. The number of rotatable bonds is 1. The second kappa shape index (κ2) is 2.29. The molecule has 0 rings (SSSR count). The van der Waals surface area contributed by atoms with Crippen LogP contribution in [-0.4, -0.2) is 10.2 Å². The van der Waals surface area contributed by atoms with Gasteiger partial charge < -0.3 is 10.2 Å². The third-order valence-electron chi connectivity index (χ3n) is 0.649. The van der Waals surface area contributed by atoms with E-state index in [9.17, 15) is 0 Å². The van der Waals surface area contributed by atoms with Gasteiger partial charge in [-0.2, -0.15) is 0 Å². The van der Waals surface area contributed by atoms with Crippen LogP contribution < -0.4 is 0 Å². The normalized spacial score (nSPS) is 11.3. The minimum absolute atomic E-state index is 0.0949. The van der Waals surface area contributed by atoms with Crippen LogP contribution in [0.5, 0.6) is 0 Å². The Bertz CT molecular complexity index is 103. The maximum absolute atomic E-state index is 8.40. The molecule has 0 atom stereocenters. The molecule has 0 aromatic rings. The molecule has 2 nitrogen and oxygen atoms in total. The first kappa shape index (κ1) is 6.08. The molecule has 0 aliphatic carbocycles. The fourth-order valence-electron chi connectivity index (χ4n) is 0.0745. The molecule has 0 aromatic heterocycles. The summed E-state index contributed by atoms with van der Waals surface area (Å²) in [6.45, 7) is 4.71. The Morgan fingerprint density at radius 2 is 2.14 bits per heavy atom. The van der Waals surface area contributed by atoms with Crippen molar-refractivity contribution in [2.24, 2.45) is 0 Å². The number of aliphatic hydroxyl groups is 2. The Kier molecular flexibility index (Phi) is 1.99. The van der Waals surface area contributed by atoms with Crippen molar-refractivity contribution in [3.8, 4) is 0 Å². The smallest absolute Gasteiger partial charge is 0.114 e. The molecular weight excluding hydrogens is 92.1 g/mol. The van der Waals surface area contributed by atoms with Crippen molar-refractivity contribution in [3.05, 3.63) is 24.2 Å². The Labute approximate surface area is 42.4 Å². The van der Waals surface area contributed by atoms with Crippen molar-refractivity contribution in [1.82, 2.24) is 0 Å². The fraction of sp³-hybridized carbons (Fsp3) is 0.200. The van der Waals surface area contributed by atoms with Gasteiger partial charge >= 0.3 is 0 Å². The molecule has 2 heteroatoms. The molecule has 0 saturated carbocycles. The summed E-state index contributed by atoms with van der Waals surface area (Å²) >= 11 is 0. The summed E-state index contributed by atoms with van der Waals surface area (Å²) in [6.07, 6.45) is 0.808. The SMILES string of the molecule is C=C(O)/C(C)=C\O. The summed E-state index contributed by atoms with van der Waals surface area (Å²) in [5.74, 6) is -0.0949. The molecule has 0 fully saturated rings. The predicted octanol–water partition coefficient (Wildman–Crippen LogP) is 1.52. The van der Waals surface area contributed by atoms with Crippen molar-refractivity contribution in [3.63, 3.8) is 0 Å². The van der Waals surface area contributed by atoms with Crippen LogP contribution in [0, 0.1) is 0 Å². The van der Waals surface area contributed by atoms with Crippen LogP contribution in [0.1, 0.15) is 6.92 Å². The molecule has 0 aromatic carbocycles. The van der Waals surface area contributed by atoms with Crippen molar-refractivity contribution < 1.29 is 10.2 Å². The van der Waals surface area contributed by atoms with Crippen LogP contribution in [-0.2, 0) is 0 Å². The Balaban J connectivity index is 3.82. The van der Waals surface area contributed by atoms with Gasteiger partial charge in [-0.25, -0.2) is 0 Å². The van der Waals surface area contributed by atoms with E-state index in [1.54, 1.807) is 6.92 Å². The van der Waals surface area contributed by atoms with Crippen LogP contribution in [0.3, 0.4) is 0 Å². The van der Waals surface area contributed by atoms with Crippen molar-refractivity contribution in [2.75, 3.05) is 0 Å². The van der Waals surface area contributed by atoms with Gasteiger partial charge in [0.2, 0.25) is 0 Å². The van der Waals surface area contributed by atoms with Gasteiger partial charge in [-0.1, -0.05) is 6.58 Å². The van der Waals surface area contributed by atoms with E-state index in [4.69, 9.17) is 10.2 Å². The zero-order valence-corrected chi connectivity index (χ0v) is 4.18. The molecule has 0 aliphatic heterocycles. The lowest BCUT2D eigenvalue weighted by Crippen LogP contribution is -1.77. The van der Waals surface area contributed by atoms with Crippen LogP contribution >= 0.6 is 0 Å². The highest BCUT2D eigenvalue weighted by Gasteiger charge is 1.86. The first-order valence-corrected chi connectivity index (χ1v) is 1.87. The highest BCUT2D eigenvalue weighted by molar-refractivity contribution is 5.15. The lowest BCUT2D eigenvalue weighted by atomic mass is 10.3. The average molecular weight is 100 g/mol. The lowest BCUT2D eigenvalue weighted by Gasteiger charge is -1.89. The zero-order chi connectivity index (χ0) is 5.86. The summed E-state index contributed by atoms with van der Waals surface area (Å²) in [5.41, 5.74) is 0.389. The highest BCUT2D eigenvalue weighted by Crippen LogP contribution is 1.98. The minimum Gasteiger partial charge on any atom is -0.515 e. The molecule has 0 spiro atoms. The molecule has 0 amide bonds. The molecule has 40 valence electrons. The first-order valence-electron chi connectivity index (χ1n) is 1.87. The molecular formula is C5H8O2. The van der Waals surface area contributed by atoms with E-state index < -0.39 is 0 Å². The molecule has 2 N–H and O–H groups in total. The second-order valence-corrected chi connectivity index (χ2v) is 1.26. The fourth-order valence-corrected chi connectivity index (χ4v) is 0.0745. The monoisotopic (exact) mass is 100 g/mol. The van der Waals surface area contributed by atoms with Gasteiger partial charge in [-0.05, 0) is 6.92 Å². The molecule has 0 heterocycles. The van der Waals surface area contributed by atoms with E-state index in [0.29, 0.717) is 5.57 Å². The maximum Gasteiger partial charge on any atom is 0.114 e. The topological polar surface area (TPSA) is 40.5 Å². The average Bonchev–Trinajstić information content (AvgIpc) is 1.65. The van der Waals surface area contributed by atoms with Gasteiger partial charge in [0.1, 0.15) is 5.76 Å². The largest absolute Gasteiger partial charge is 0.515 e. The van der Waals surface area contributed by atoms with Crippen LogP contribution in [0.2, 0.25) is 0 Å². The molecule has 0 bridgehead atoms. The van der Waals surface area contributed by atoms with E-state index in [-0.39, 0.29) is 5.76 Å². The van der Waals surface area contributed by atoms with Crippen LogP contribution in [0.25, 0.3) is 0 Å². The quantitative estimate of drug-likeness (QED) is 0.387. The maximum atomic E-state index is 8.40. The second-order valence-electron chi connectivity index (χ2n) is 1.26. The van der Waals surface area contributed by atoms with Gasteiger partial charge in [0.25, 0.3) is 0 Å². The van der Waals surface area contributed by atoms with E-state index in [0.717, 1.165) is 6.26 Å². The van der Waals surface area contributed by atoms with Gasteiger partial charge in [-0.3, -0.25) is 0 Å². The molecule has 0 saturated heterocycles. The van der Waals surface area contributed by atoms with Gasteiger partial charge in [0.15, 0.2) is 0 Å². The minimum atomic E-state index is -0.0949. The van der Waals surface area contributed by atoms with E-state index >= 15 is 0 Å². The number of hydrogen-bond acceptors (Lipinski definition) is 2. The number of aliphatic hydroxyl groups excluding tert-OH is 2. The summed E-state index contributed by atoms with van der Waals surface area (Å²) in [7, 11) is 0. The van der Waals surface area contributed by atoms with Gasteiger partial charge in [0, 0.05) is 5.57 Å². The predicted molar refractivity (Wildman–Crippen MR) is 28.2 cm³/mol. The summed E-state index contributed by atoms with van der Waals surface area (Å²) in [6, 6.07) is 0. The van der Waals surface area contributed by atoms with Crippen LogP contribution in [0.4, 0.5) is 0 Å². The van der Waals surface area contributed by atoms with Gasteiger partial charge in [-0.15, -0.1) is 0 Å². The van der Waals surface area contributed by atoms with Gasteiger partial charge in [0.05, 0.1) is 6.26 Å². The Morgan fingerprint density at radius 3 is 2.14 bits per heavy atom. The van der Waals surface area contributed by atoms with Crippen LogP contribution in [0.15, 0.2) is 24.2 Å². The highest BCUT2D eigenvalue weighted by atomic mass is 16.3. The first-order chi connectivity index (χ1) is 3.18. The van der Waals surface area contributed by atoms with Crippen molar-refractivity contribution >= 4 is 0 Å². The molecule has 0 unspecified atom stereocenters. The summed E-state index contributed by atoms with van der Waals surface area (Å²) in [5, 5.41) is 16.5. The zero-order valence-electron chi connectivity index (χ0n) is 4.18. The van der Waals surface area contributed by atoms with Crippen molar-refractivity contribution in [2.45, 2.75) is 6.92 Å².